The van der Waals surface area contributed by atoms with Crippen LogP contribution < -0.4 is 4.74 Å². The number of ether oxygens (including phenoxy) is 2. The molecule has 0 spiro atoms. The van der Waals surface area contributed by atoms with Crippen molar-refractivity contribution in [3.8, 4) is 5.75 Å². The van der Waals surface area contributed by atoms with Crippen molar-refractivity contribution in [1.29, 1.82) is 0 Å². The van der Waals surface area contributed by atoms with E-state index in [4.69, 9.17) is 14.6 Å². The van der Waals surface area contributed by atoms with E-state index < -0.39 is 12.1 Å². The summed E-state index contributed by atoms with van der Waals surface area (Å²) in [5.41, 5.74) is 0.332. The fourth-order valence-electron chi connectivity index (χ4n) is 1.46. The molecule has 0 fully saturated rings. The van der Waals surface area contributed by atoms with Crippen molar-refractivity contribution in [3.63, 3.8) is 0 Å². The zero-order valence-electron chi connectivity index (χ0n) is 11.0. The van der Waals surface area contributed by atoms with Crippen molar-refractivity contribution in [2.45, 2.75) is 25.9 Å². The van der Waals surface area contributed by atoms with Crippen LogP contribution in [0.1, 0.15) is 31.4 Å². The molecule has 0 bridgehead atoms. The molecule has 0 amide bonds. The molecule has 1 aromatic rings. The molecule has 0 saturated carbocycles. The highest BCUT2D eigenvalue weighted by molar-refractivity contribution is 5.74. The maximum atomic E-state index is 10.6. The number of carbonyl (C=O) groups is 1. The lowest BCUT2D eigenvalue weighted by molar-refractivity contribution is -0.146. The maximum Gasteiger partial charge on any atom is 0.337 e. The Morgan fingerprint density at radius 1 is 1.21 bits per heavy atom. The molecule has 106 valence electrons. The molecule has 1 rings (SSSR count). The zero-order chi connectivity index (χ0) is 14.1. The summed E-state index contributed by atoms with van der Waals surface area (Å²) in [6.45, 7) is 3.82. The number of unbranched alkanes of at least 4 members (excludes halogenated alkanes) is 1. The van der Waals surface area contributed by atoms with E-state index in [0.717, 1.165) is 19.4 Å². The summed E-state index contributed by atoms with van der Waals surface area (Å²) in [6.07, 6.45) is 0.655. The first-order valence-corrected chi connectivity index (χ1v) is 6.36. The molecule has 0 aliphatic heterocycles. The SMILES string of the molecule is CCCCOCCOc1ccc(C(O)C(=O)O)cc1. The van der Waals surface area contributed by atoms with Gasteiger partial charge in [-0.05, 0) is 24.1 Å². The molecule has 2 N–H and O–H groups in total. The molecule has 1 aromatic carbocycles. The normalized spacial score (nSPS) is 12.1. The molecule has 0 saturated heterocycles. The summed E-state index contributed by atoms with van der Waals surface area (Å²) in [5, 5.41) is 18.0. The van der Waals surface area contributed by atoms with E-state index in [1.54, 1.807) is 12.1 Å². The van der Waals surface area contributed by atoms with Crippen molar-refractivity contribution in [3.05, 3.63) is 29.8 Å². The van der Waals surface area contributed by atoms with Crippen molar-refractivity contribution in [1.82, 2.24) is 0 Å². The van der Waals surface area contributed by atoms with Gasteiger partial charge in [-0.15, -0.1) is 0 Å². The second-order valence-electron chi connectivity index (χ2n) is 4.12. The standard InChI is InChI=1S/C14H20O5/c1-2-3-8-18-9-10-19-12-6-4-11(5-7-12)13(15)14(16)17/h4-7,13,15H,2-3,8-10H2,1H3,(H,16,17). The average molecular weight is 268 g/mol. The summed E-state index contributed by atoms with van der Waals surface area (Å²) in [4.78, 5) is 10.6. The highest BCUT2D eigenvalue weighted by Gasteiger charge is 2.15. The van der Waals surface area contributed by atoms with Crippen LogP contribution in [-0.4, -0.2) is 36.0 Å². The van der Waals surface area contributed by atoms with Crippen molar-refractivity contribution < 1.29 is 24.5 Å². The minimum Gasteiger partial charge on any atom is -0.491 e. The Morgan fingerprint density at radius 2 is 1.89 bits per heavy atom. The first kappa shape index (κ1) is 15.5. The van der Waals surface area contributed by atoms with Crippen LogP contribution in [0.2, 0.25) is 0 Å². The third kappa shape index (κ3) is 5.72. The summed E-state index contributed by atoms with van der Waals surface area (Å²) in [5.74, 6) is -0.640. The monoisotopic (exact) mass is 268 g/mol. The summed E-state index contributed by atoms with van der Waals surface area (Å²) in [6, 6.07) is 6.33. The van der Waals surface area contributed by atoms with Gasteiger partial charge in [0.15, 0.2) is 6.10 Å². The van der Waals surface area contributed by atoms with E-state index in [1.807, 2.05) is 0 Å². The third-order valence-corrected chi connectivity index (χ3v) is 2.57. The molecule has 0 heterocycles. The molecule has 5 nitrogen and oxygen atoms in total. The minimum atomic E-state index is -1.49. The molecule has 0 radical (unpaired) electrons. The lowest BCUT2D eigenvalue weighted by atomic mass is 10.1. The van der Waals surface area contributed by atoms with Crippen LogP contribution >= 0.6 is 0 Å². The van der Waals surface area contributed by atoms with Gasteiger partial charge in [0.1, 0.15) is 12.4 Å². The first-order valence-electron chi connectivity index (χ1n) is 6.36. The number of rotatable bonds is 9. The van der Waals surface area contributed by atoms with Crippen molar-refractivity contribution in [2.24, 2.45) is 0 Å². The van der Waals surface area contributed by atoms with Crippen LogP contribution in [0.25, 0.3) is 0 Å². The summed E-state index contributed by atoms with van der Waals surface area (Å²) < 4.78 is 10.8. The summed E-state index contributed by atoms with van der Waals surface area (Å²) >= 11 is 0. The molecular weight excluding hydrogens is 248 g/mol. The Hall–Kier alpha value is -1.59. The Bertz CT molecular complexity index is 374. The molecule has 0 aliphatic carbocycles. The van der Waals surface area contributed by atoms with E-state index >= 15 is 0 Å². The molecule has 1 atom stereocenters. The van der Waals surface area contributed by atoms with Crippen LogP contribution in [0.3, 0.4) is 0 Å². The zero-order valence-corrected chi connectivity index (χ0v) is 11.0. The number of aliphatic hydroxyl groups excluding tert-OH is 1. The van der Waals surface area contributed by atoms with Crippen molar-refractivity contribution in [2.75, 3.05) is 19.8 Å². The number of carboxylic acids is 1. The van der Waals surface area contributed by atoms with Gasteiger partial charge in [-0.1, -0.05) is 25.5 Å². The van der Waals surface area contributed by atoms with Crippen LogP contribution in [0.5, 0.6) is 5.75 Å². The largest absolute Gasteiger partial charge is 0.491 e. The second-order valence-corrected chi connectivity index (χ2v) is 4.12. The number of hydrogen-bond donors (Lipinski definition) is 2. The third-order valence-electron chi connectivity index (χ3n) is 2.57. The average Bonchev–Trinajstić information content (AvgIpc) is 2.42. The molecular formula is C14H20O5. The van der Waals surface area contributed by atoms with E-state index in [9.17, 15) is 9.90 Å². The fourth-order valence-corrected chi connectivity index (χ4v) is 1.46. The van der Waals surface area contributed by atoms with Gasteiger partial charge in [0.25, 0.3) is 0 Å². The number of hydrogen-bond acceptors (Lipinski definition) is 4. The minimum absolute atomic E-state index is 0.332. The Labute approximate surface area is 112 Å². The van der Waals surface area contributed by atoms with Crippen LogP contribution in [-0.2, 0) is 9.53 Å². The van der Waals surface area contributed by atoms with Gasteiger partial charge >= 0.3 is 5.97 Å². The topological polar surface area (TPSA) is 76.0 Å². The van der Waals surface area contributed by atoms with Gasteiger partial charge in [0.05, 0.1) is 6.61 Å². The Balaban J connectivity index is 2.30. The smallest absolute Gasteiger partial charge is 0.337 e. The lowest BCUT2D eigenvalue weighted by Crippen LogP contribution is -2.10. The summed E-state index contributed by atoms with van der Waals surface area (Å²) in [7, 11) is 0. The van der Waals surface area contributed by atoms with E-state index in [1.165, 1.54) is 12.1 Å². The Morgan fingerprint density at radius 3 is 2.47 bits per heavy atom. The number of carboxylic acid groups (broad SMARTS) is 1. The fraction of sp³-hybridized carbons (Fsp3) is 0.500. The van der Waals surface area contributed by atoms with Gasteiger partial charge in [-0.3, -0.25) is 0 Å². The second kappa shape index (κ2) is 8.50. The van der Waals surface area contributed by atoms with Gasteiger partial charge < -0.3 is 19.7 Å². The predicted molar refractivity (Wildman–Crippen MR) is 70.3 cm³/mol. The van der Waals surface area contributed by atoms with Gasteiger partial charge in [-0.25, -0.2) is 4.79 Å². The van der Waals surface area contributed by atoms with E-state index in [2.05, 4.69) is 6.92 Å². The number of aliphatic hydroxyl groups is 1. The first-order chi connectivity index (χ1) is 9.15. The molecule has 5 heteroatoms. The van der Waals surface area contributed by atoms with Crippen molar-refractivity contribution >= 4 is 5.97 Å². The molecule has 1 unspecified atom stereocenters. The quantitative estimate of drug-likeness (QED) is 0.670. The lowest BCUT2D eigenvalue weighted by Gasteiger charge is -2.09. The number of benzene rings is 1. The predicted octanol–water partition coefficient (Wildman–Crippen LogP) is 2.00. The maximum absolute atomic E-state index is 10.6. The highest BCUT2D eigenvalue weighted by Crippen LogP contribution is 2.17. The number of aliphatic carboxylic acids is 1. The highest BCUT2D eigenvalue weighted by atomic mass is 16.5. The van der Waals surface area contributed by atoms with E-state index in [-0.39, 0.29) is 0 Å². The van der Waals surface area contributed by atoms with Crippen LogP contribution in [0.15, 0.2) is 24.3 Å². The van der Waals surface area contributed by atoms with E-state index in [0.29, 0.717) is 24.5 Å². The molecule has 19 heavy (non-hydrogen) atoms. The van der Waals surface area contributed by atoms with Crippen LogP contribution in [0.4, 0.5) is 0 Å². The van der Waals surface area contributed by atoms with Gasteiger partial charge in [0.2, 0.25) is 0 Å². The van der Waals surface area contributed by atoms with Gasteiger partial charge in [-0.2, -0.15) is 0 Å². The van der Waals surface area contributed by atoms with Crippen LogP contribution in [0, 0.1) is 0 Å². The molecule has 0 aliphatic rings. The Kier molecular flexibility index (Phi) is 6.92. The van der Waals surface area contributed by atoms with Gasteiger partial charge in [0, 0.05) is 6.61 Å². The molecule has 0 aromatic heterocycles.